The molecule has 120 valence electrons. The summed E-state index contributed by atoms with van der Waals surface area (Å²) in [5.41, 5.74) is 4.41. The van der Waals surface area contributed by atoms with Crippen molar-refractivity contribution in [2.75, 3.05) is 10.6 Å². The quantitative estimate of drug-likeness (QED) is 0.769. The van der Waals surface area contributed by atoms with Crippen LogP contribution in [0.15, 0.2) is 55.0 Å². The third kappa shape index (κ3) is 3.73. The van der Waals surface area contributed by atoms with Gasteiger partial charge < -0.3 is 10.6 Å². The summed E-state index contributed by atoms with van der Waals surface area (Å²) in [7, 11) is 0. The lowest BCUT2D eigenvalue weighted by atomic mass is 10.1. The largest absolute Gasteiger partial charge is 0.326 e. The SMILES string of the molecule is CC(=O)Nc1ccc(Nc2nccc(-c3ccncc3)n2)cc1C. The summed E-state index contributed by atoms with van der Waals surface area (Å²) in [4.78, 5) is 23.9. The number of nitrogens with zero attached hydrogens (tertiary/aromatic N) is 3. The summed E-state index contributed by atoms with van der Waals surface area (Å²) in [5, 5.41) is 5.98. The van der Waals surface area contributed by atoms with Crippen molar-refractivity contribution >= 4 is 23.2 Å². The van der Waals surface area contributed by atoms with Gasteiger partial charge in [0.25, 0.3) is 0 Å². The van der Waals surface area contributed by atoms with Gasteiger partial charge in [-0.05, 0) is 48.9 Å². The molecular weight excluding hydrogens is 302 g/mol. The van der Waals surface area contributed by atoms with Crippen LogP contribution in [0, 0.1) is 6.92 Å². The molecule has 24 heavy (non-hydrogen) atoms. The number of carbonyl (C=O) groups excluding carboxylic acids is 1. The monoisotopic (exact) mass is 319 g/mol. The Bertz CT molecular complexity index is 864. The smallest absolute Gasteiger partial charge is 0.227 e. The first-order valence-electron chi connectivity index (χ1n) is 7.50. The Morgan fingerprint density at radius 2 is 1.83 bits per heavy atom. The number of aromatic nitrogens is 3. The average Bonchev–Trinajstić information content (AvgIpc) is 2.58. The number of carbonyl (C=O) groups is 1. The molecule has 2 heterocycles. The fraction of sp³-hybridized carbons (Fsp3) is 0.111. The van der Waals surface area contributed by atoms with Crippen molar-refractivity contribution in [3.63, 3.8) is 0 Å². The molecule has 0 saturated carbocycles. The number of amides is 1. The molecule has 0 atom stereocenters. The van der Waals surface area contributed by atoms with Crippen LogP contribution >= 0.6 is 0 Å². The van der Waals surface area contributed by atoms with Crippen LogP contribution in [0.3, 0.4) is 0 Å². The van der Waals surface area contributed by atoms with E-state index >= 15 is 0 Å². The Morgan fingerprint density at radius 1 is 1.04 bits per heavy atom. The number of pyridine rings is 1. The minimum Gasteiger partial charge on any atom is -0.326 e. The first kappa shape index (κ1) is 15.6. The average molecular weight is 319 g/mol. The van der Waals surface area contributed by atoms with E-state index in [1.54, 1.807) is 18.6 Å². The zero-order valence-corrected chi connectivity index (χ0v) is 13.4. The van der Waals surface area contributed by atoms with Crippen molar-refractivity contribution in [2.45, 2.75) is 13.8 Å². The van der Waals surface area contributed by atoms with Crippen LogP contribution in [-0.4, -0.2) is 20.9 Å². The molecule has 0 aliphatic rings. The predicted octanol–water partition coefficient (Wildman–Crippen LogP) is 3.55. The topological polar surface area (TPSA) is 79.8 Å². The summed E-state index contributed by atoms with van der Waals surface area (Å²) in [6.45, 7) is 3.43. The van der Waals surface area contributed by atoms with E-state index in [1.807, 2.05) is 43.3 Å². The van der Waals surface area contributed by atoms with E-state index in [9.17, 15) is 4.79 Å². The lowest BCUT2D eigenvalue weighted by Crippen LogP contribution is -2.07. The molecule has 6 nitrogen and oxygen atoms in total. The van der Waals surface area contributed by atoms with Crippen molar-refractivity contribution in [1.82, 2.24) is 15.0 Å². The van der Waals surface area contributed by atoms with Gasteiger partial charge in [0.1, 0.15) is 0 Å². The minimum atomic E-state index is -0.0906. The van der Waals surface area contributed by atoms with Crippen molar-refractivity contribution in [3.05, 3.63) is 60.6 Å². The number of anilines is 3. The van der Waals surface area contributed by atoms with Gasteiger partial charge in [0, 0.05) is 42.5 Å². The zero-order valence-electron chi connectivity index (χ0n) is 13.4. The Labute approximate surface area is 140 Å². The molecule has 3 rings (SSSR count). The van der Waals surface area contributed by atoms with E-state index in [0.29, 0.717) is 5.95 Å². The van der Waals surface area contributed by atoms with E-state index in [1.165, 1.54) is 6.92 Å². The van der Waals surface area contributed by atoms with Crippen LogP contribution in [0.25, 0.3) is 11.3 Å². The summed E-state index contributed by atoms with van der Waals surface area (Å²) in [6, 6.07) is 11.3. The number of rotatable bonds is 4. The van der Waals surface area contributed by atoms with Crippen molar-refractivity contribution in [2.24, 2.45) is 0 Å². The summed E-state index contributed by atoms with van der Waals surface area (Å²) in [6.07, 6.45) is 5.17. The molecule has 0 aliphatic heterocycles. The number of nitrogens with one attached hydrogen (secondary N) is 2. The van der Waals surface area contributed by atoms with Crippen LogP contribution in [0.1, 0.15) is 12.5 Å². The number of hydrogen-bond donors (Lipinski definition) is 2. The standard InChI is InChI=1S/C18H17N5O/c1-12-11-15(3-4-16(12)21-13(2)24)22-18-20-10-7-17(23-18)14-5-8-19-9-6-14/h3-11H,1-2H3,(H,21,24)(H,20,22,23). The van der Waals surface area contributed by atoms with Gasteiger partial charge in [-0.25, -0.2) is 9.97 Å². The third-order valence-corrected chi connectivity index (χ3v) is 3.42. The fourth-order valence-electron chi connectivity index (χ4n) is 2.30. The van der Waals surface area contributed by atoms with Crippen molar-refractivity contribution in [1.29, 1.82) is 0 Å². The molecule has 1 amide bonds. The Hall–Kier alpha value is -3.28. The Morgan fingerprint density at radius 3 is 2.54 bits per heavy atom. The number of hydrogen-bond acceptors (Lipinski definition) is 5. The first-order valence-corrected chi connectivity index (χ1v) is 7.50. The van der Waals surface area contributed by atoms with Gasteiger partial charge in [0.05, 0.1) is 5.69 Å². The Balaban J connectivity index is 1.82. The molecule has 0 spiro atoms. The van der Waals surface area contributed by atoms with Crippen LogP contribution in [-0.2, 0) is 4.79 Å². The van der Waals surface area contributed by atoms with Gasteiger partial charge in [-0.1, -0.05) is 0 Å². The highest BCUT2D eigenvalue weighted by Gasteiger charge is 2.05. The molecule has 0 fully saturated rings. The van der Waals surface area contributed by atoms with Gasteiger partial charge in [0.15, 0.2) is 0 Å². The van der Waals surface area contributed by atoms with E-state index < -0.39 is 0 Å². The highest BCUT2D eigenvalue weighted by molar-refractivity contribution is 5.89. The maximum Gasteiger partial charge on any atom is 0.227 e. The van der Waals surface area contributed by atoms with Crippen molar-refractivity contribution in [3.8, 4) is 11.3 Å². The second-order valence-corrected chi connectivity index (χ2v) is 5.34. The fourth-order valence-corrected chi connectivity index (χ4v) is 2.30. The maximum atomic E-state index is 11.2. The number of benzene rings is 1. The highest BCUT2D eigenvalue weighted by Crippen LogP contribution is 2.23. The normalized spacial score (nSPS) is 10.2. The molecule has 0 saturated heterocycles. The summed E-state index contributed by atoms with van der Waals surface area (Å²) < 4.78 is 0. The zero-order chi connectivity index (χ0) is 16.9. The summed E-state index contributed by atoms with van der Waals surface area (Å²) in [5.74, 6) is 0.420. The van der Waals surface area contributed by atoms with E-state index in [2.05, 4.69) is 25.6 Å². The van der Waals surface area contributed by atoms with Gasteiger partial charge >= 0.3 is 0 Å². The highest BCUT2D eigenvalue weighted by atomic mass is 16.1. The molecule has 3 aromatic rings. The third-order valence-electron chi connectivity index (χ3n) is 3.42. The lowest BCUT2D eigenvalue weighted by molar-refractivity contribution is -0.114. The van der Waals surface area contributed by atoms with Crippen LogP contribution in [0.5, 0.6) is 0 Å². The van der Waals surface area contributed by atoms with E-state index in [-0.39, 0.29) is 5.91 Å². The molecule has 0 unspecified atom stereocenters. The molecule has 0 aliphatic carbocycles. The minimum absolute atomic E-state index is 0.0906. The molecule has 6 heteroatoms. The van der Waals surface area contributed by atoms with E-state index in [4.69, 9.17) is 0 Å². The van der Waals surface area contributed by atoms with Gasteiger partial charge in [-0.15, -0.1) is 0 Å². The maximum absolute atomic E-state index is 11.2. The van der Waals surface area contributed by atoms with Crippen LogP contribution < -0.4 is 10.6 Å². The molecule has 0 bridgehead atoms. The lowest BCUT2D eigenvalue weighted by Gasteiger charge is -2.10. The molecule has 0 radical (unpaired) electrons. The van der Waals surface area contributed by atoms with Crippen LogP contribution in [0.4, 0.5) is 17.3 Å². The van der Waals surface area contributed by atoms with Gasteiger partial charge in [0.2, 0.25) is 11.9 Å². The molecule has 1 aromatic carbocycles. The Kier molecular flexibility index (Phi) is 4.47. The number of aryl methyl sites for hydroxylation is 1. The summed E-state index contributed by atoms with van der Waals surface area (Å²) >= 11 is 0. The van der Waals surface area contributed by atoms with E-state index in [0.717, 1.165) is 28.2 Å². The first-order chi connectivity index (χ1) is 11.6. The van der Waals surface area contributed by atoms with Crippen LogP contribution in [0.2, 0.25) is 0 Å². The second-order valence-electron chi connectivity index (χ2n) is 5.34. The molecular formula is C18H17N5O. The van der Waals surface area contributed by atoms with Gasteiger partial charge in [-0.2, -0.15) is 0 Å². The van der Waals surface area contributed by atoms with Gasteiger partial charge in [-0.3, -0.25) is 9.78 Å². The second kappa shape index (κ2) is 6.87. The predicted molar refractivity (Wildman–Crippen MR) is 94.0 cm³/mol. The molecule has 2 aromatic heterocycles. The molecule has 2 N–H and O–H groups in total. The van der Waals surface area contributed by atoms with Crippen molar-refractivity contribution < 1.29 is 4.79 Å².